The van der Waals surface area contributed by atoms with E-state index < -0.39 is 30.6 Å². The van der Waals surface area contributed by atoms with Crippen LogP contribution in [0, 0.1) is 11.2 Å². The van der Waals surface area contributed by atoms with Crippen molar-refractivity contribution in [1.82, 2.24) is 4.72 Å². The summed E-state index contributed by atoms with van der Waals surface area (Å²) in [7, 11) is -7.65. The monoisotopic (exact) mass is 321 g/mol. The molecule has 1 fully saturated rings. The van der Waals surface area contributed by atoms with Gasteiger partial charge >= 0.3 is 0 Å². The molecule has 0 saturated heterocycles. The van der Waals surface area contributed by atoms with Gasteiger partial charge in [0, 0.05) is 12.8 Å². The van der Waals surface area contributed by atoms with Gasteiger partial charge in [-0.05, 0) is 36.5 Å². The first-order valence-corrected chi connectivity index (χ1v) is 9.40. The molecular weight excluding hydrogens is 305 g/mol. The number of sulfone groups is 1. The minimum absolute atomic E-state index is 0.0714. The van der Waals surface area contributed by atoms with Crippen LogP contribution in [0.15, 0.2) is 28.0 Å². The summed E-state index contributed by atoms with van der Waals surface area (Å²) in [6.07, 6.45) is 2.78. The lowest BCUT2D eigenvalue weighted by atomic mass is 10.2. The van der Waals surface area contributed by atoms with Crippen LogP contribution in [0.5, 0.6) is 0 Å². The average molecular weight is 321 g/mol. The number of rotatable bonds is 5. The summed E-state index contributed by atoms with van der Waals surface area (Å²) >= 11 is 0. The highest BCUT2D eigenvalue weighted by Gasteiger charge is 2.38. The van der Waals surface area contributed by atoms with E-state index in [9.17, 15) is 21.2 Å². The van der Waals surface area contributed by atoms with Crippen LogP contribution in [0.2, 0.25) is 0 Å². The third-order valence-corrected chi connectivity index (χ3v) is 5.94. The van der Waals surface area contributed by atoms with Crippen LogP contribution in [0.3, 0.4) is 0 Å². The maximum Gasteiger partial charge on any atom is 0.243 e. The third kappa shape index (κ3) is 3.36. The molecule has 1 aliphatic rings. The number of hydrogen-bond acceptors (Lipinski definition) is 4. The largest absolute Gasteiger partial charge is 0.243 e. The molecule has 112 valence electrons. The fourth-order valence-electron chi connectivity index (χ4n) is 1.66. The predicted molar refractivity (Wildman–Crippen MR) is 72.0 cm³/mol. The van der Waals surface area contributed by atoms with Crippen molar-refractivity contribution in [1.29, 1.82) is 0 Å². The summed E-state index contributed by atoms with van der Waals surface area (Å²) in [5.74, 6) is -0.967. The van der Waals surface area contributed by atoms with Crippen molar-refractivity contribution in [3.8, 4) is 0 Å². The van der Waals surface area contributed by atoms with Crippen LogP contribution >= 0.6 is 0 Å². The Labute approximate surface area is 118 Å². The first-order valence-electron chi connectivity index (χ1n) is 6.03. The normalized spacial score (nSPS) is 17.9. The van der Waals surface area contributed by atoms with Gasteiger partial charge in [0.05, 0.1) is 4.90 Å². The lowest BCUT2D eigenvalue weighted by Crippen LogP contribution is -2.30. The average Bonchev–Trinajstić information content (AvgIpc) is 3.05. The van der Waals surface area contributed by atoms with Crippen LogP contribution in [0.1, 0.15) is 19.8 Å². The van der Waals surface area contributed by atoms with Gasteiger partial charge in [-0.2, -0.15) is 0 Å². The number of benzene rings is 1. The molecule has 0 heterocycles. The summed E-state index contributed by atoms with van der Waals surface area (Å²) in [4.78, 5) is -0.860. The molecule has 1 aromatic rings. The Hall–Kier alpha value is -0.990. The maximum atomic E-state index is 13.7. The molecule has 1 saturated carbocycles. The van der Waals surface area contributed by atoms with Crippen LogP contribution in [-0.4, -0.2) is 29.6 Å². The van der Waals surface area contributed by atoms with Gasteiger partial charge in [0.25, 0.3) is 0 Å². The van der Waals surface area contributed by atoms with E-state index in [2.05, 4.69) is 4.72 Å². The Kier molecular flexibility index (Phi) is 3.68. The molecule has 1 aliphatic carbocycles. The first-order chi connectivity index (χ1) is 9.04. The predicted octanol–water partition coefficient (Wildman–Crippen LogP) is 1.31. The van der Waals surface area contributed by atoms with E-state index in [1.165, 1.54) is 0 Å². The molecule has 1 aromatic carbocycles. The van der Waals surface area contributed by atoms with Crippen LogP contribution < -0.4 is 4.72 Å². The lowest BCUT2D eigenvalue weighted by Gasteiger charge is -2.12. The first kappa shape index (κ1) is 15.4. The third-order valence-electron chi connectivity index (χ3n) is 3.41. The lowest BCUT2D eigenvalue weighted by molar-refractivity contribution is 0.521. The second-order valence-electron chi connectivity index (χ2n) is 5.50. The smallest absolute Gasteiger partial charge is 0.224 e. The van der Waals surface area contributed by atoms with E-state index in [1.54, 1.807) is 0 Å². The molecule has 8 heteroatoms. The van der Waals surface area contributed by atoms with Crippen molar-refractivity contribution in [3.63, 3.8) is 0 Å². The molecule has 1 N–H and O–H groups in total. The summed E-state index contributed by atoms with van der Waals surface area (Å²) < 4.78 is 63.0. The topological polar surface area (TPSA) is 80.3 Å². The Bertz CT molecular complexity index is 737. The summed E-state index contributed by atoms with van der Waals surface area (Å²) in [5, 5.41) is 0. The molecule has 0 radical (unpaired) electrons. The van der Waals surface area contributed by atoms with Gasteiger partial charge < -0.3 is 0 Å². The van der Waals surface area contributed by atoms with Gasteiger partial charge in [0.1, 0.15) is 10.7 Å². The fraction of sp³-hybridized carbons (Fsp3) is 0.500. The van der Waals surface area contributed by atoms with Crippen molar-refractivity contribution in [2.75, 3.05) is 12.8 Å². The van der Waals surface area contributed by atoms with Gasteiger partial charge in [0.2, 0.25) is 10.0 Å². The highest BCUT2D eigenvalue weighted by molar-refractivity contribution is 7.91. The standard InChI is InChI=1S/C12H16FNO4S2/c1-12(5-6-12)8-14-20(17,18)11-7-9(19(2,15)16)3-4-10(11)13/h3-4,7,14H,5-6,8H2,1-2H3. The molecule has 0 aliphatic heterocycles. The minimum Gasteiger partial charge on any atom is -0.224 e. The zero-order valence-corrected chi connectivity index (χ0v) is 12.8. The molecular formula is C12H16FNO4S2. The van der Waals surface area contributed by atoms with E-state index in [-0.39, 0.29) is 16.9 Å². The Morgan fingerprint density at radius 2 is 1.85 bits per heavy atom. The van der Waals surface area contributed by atoms with Crippen molar-refractivity contribution >= 4 is 19.9 Å². The van der Waals surface area contributed by atoms with E-state index in [4.69, 9.17) is 0 Å². The molecule has 0 atom stereocenters. The minimum atomic E-state index is -4.06. The Morgan fingerprint density at radius 1 is 1.25 bits per heavy atom. The van der Waals surface area contributed by atoms with Gasteiger partial charge in [-0.25, -0.2) is 25.9 Å². The number of halogens is 1. The summed E-state index contributed by atoms with van der Waals surface area (Å²) in [5.41, 5.74) is -0.0714. The maximum absolute atomic E-state index is 13.7. The van der Waals surface area contributed by atoms with Gasteiger partial charge in [0.15, 0.2) is 9.84 Å². The van der Waals surface area contributed by atoms with Crippen LogP contribution in [0.25, 0.3) is 0 Å². The van der Waals surface area contributed by atoms with E-state index in [0.717, 1.165) is 37.3 Å². The quantitative estimate of drug-likeness (QED) is 0.829. The molecule has 0 aromatic heterocycles. The van der Waals surface area contributed by atoms with Gasteiger partial charge in [-0.1, -0.05) is 6.92 Å². The second-order valence-corrected chi connectivity index (χ2v) is 9.25. The van der Waals surface area contributed by atoms with E-state index >= 15 is 0 Å². The van der Waals surface area contributed by atoms with Crippen LogP contribution in [0.4, 0.5) is 4.39 Å². The molecule has 0 bridgehead atoms. The fourth-order valence-corrected chi connectivity index (χ4v) is 3.68. The highest BCUT2D eigenvalue weighted by Crippen LogP contribution is 2.44. The SMILES string of the molecule is CC1(CNS(=O)(=O)c2cc(S(C)(=O)=O)ccc2F)CC1. The number of sulfonamides is 1. The zero-order valence-electron chi connectivity index (χ0n) is 11.2. The van der Waals surface area contributed by atoms with Gasteiger partial charge in [-0.15, -0.1) is 0 Å². The molecule has 0 amide bonds. The zero-order chi connectivity index (χ0) is 15.2. The van der Waals surface area contributed by atoms with Crippen molar-refractivity contribution in [2.45, 2.75) is 29.6 Å². The Balaban J connectivity index is 2.35. The van der Waals surface area contributed by atoms with Crippen molar-refractivity contribution in [2.24, 2.45) is 5.41 Å². The Morgan fingerprint density at radius 3 is 2.35 bits per heavy atom. The number of hydrogen-bond donors (Lipinski definition) is 1. The van der Waals surface area contributed by atoms with Gasteiger partial charge in [-0.3, -0.25) is 0 Å². The number of nitrogens with one attached hydrogen (secondary N) is 1. The van der Waals surface area contributed by atoms with Crippen molar-refractivity contribution in [3.05, 3.63) is 24.0 Å². The molecule has 0 spiro atoms. The summed E-state index contributed by atoms with van der Waals surface area (Å²) in [6, 6.07) is 2.75. The van der Waals surface area contributed by atoms with Crippen molar-refractivity contribution < 1.29 is 21.2 Å². The molecule has 20 heavy (non-hydrogen) atoms. The molecule has 0 unspecified atom stereocenters. The second kappa shape index (κ2) is 4.78. The highest BCUT2D eigenvalue weighted by atomic mass is 32.2. The molecule has 2 rings (SSSR count). The molecule has 5 nitrogen and oxygen atoms in total. The van der Waals surface area contributed by atoms with E-state index in [0.29, 0.717) is 0 Å². The summed E-state index contributed by atoms with van der Waals surface area (Å²) in [6.45, 7) is 2.15. The van der Waals surface area contributed by atoms with E-state index in [1.807, 2.05) is 6.92 Å². The van der Waals surface area contributed by atoms with Crippen LogP contribution in [-0.2, 0) is 19.9 Å².